The predicted molar refractivity (Wildman–Crippen MR) is 56.6 cm³/mol. The molecule has 4 heteroatoms. The lowest BCUT2D eigenvalue weighted by molar-refractivity contribution is 0.100. The fourth-order valence-corrected chi connectivity index (χ4v) is 1.38. The molecule has 0 aliphatic heterocycles. The average Bonchev–Trinajstić information content (AvgIpc) is 2.71. The molecular weight excluding hydrogens is 209 g/mol. The number of nitrogens with zero attached hydrogens (tertiary/aromatic N) is 1. The quantitative estimate of drug-likeness (QED) is 0.729. The number of carbonyl (C=O) groups excluding carboxylic acids is 1. The van der Waals surface area contributed by atoms with Crippen LogP contribution >= 0.6 is 0 Å². The van der Waals surface area contributed by atoms with Crippen LogP contribution in [0.25, 0.3) is 11.3 Å². The Labute approximate surface area is 91.9 Å². The van der Waals surface area contributed by atoms with Gasteiger partial charge in [0, 0.05) is 18.6 Å². The molecule has 1 aromatic carbocycles. The first-order valence-corrected chi connectivity index (χ1v) is 4.82. The molecule has 82 valence electrons. The van der Waals surface area contributed by atoms with Crippen molar-refractivity contribution < 1.29 is 13.7 Å². The highest BCUT2D eigenvalue weighted by Gasteiger charge is 2.10. The Balaban J connectivity index is 2.42. The summed E-state index contributed by atoms with van der Waals surface area (Å²) in [5.41, 5.74) is 1.51. The fourth-order valence-electron chi connectivity index (χ4n) is 1.38. The zero-order chi connectivity index (χ0) is 11.7. The molecule has 1 aromatic heterocycles. The maximum atomic E-state index is 13.0. The predicted octanol–water partition coefficient (Wildman–Crippen LogP) is 2.99. The third-order valence-corrected chi connectivity index (χ3v) is 2.31. The number of Topliss-reactive ketones (excluding diaryl/α,β-unsaturated/α-hetero) is 1. The largest absolute Gasteiger partial charge is 0.356 e. The first-order chi connectivity index (χ1) is 7.58. The summed E-state index contributed by atoms with van der Waals surface area (Å²) in [5.74, 6) is 0.0391. The zero-order valence-electron chi connectivity index (χ0n) is 8.95. The van der Waals surface area contributed by atoms with Crippen molar-refractivity contribution in [2.75, 3.05) is 0 Å². The second-order valence-electron chi connectivity index (χ2n) is 3.60. The molecule has 0 atom stereocenters. The van der Waals surface area contributed by atoms with Crippen LogP contribution in [0, 0.1) is 12.7 Å². The summed E-state index contributed by atoms with van der Waals surface area (Å²) in [6.07, 6.45) is 0. The van der Waals surface area contributed by atoms with E-state index in [1.807, 2.05) is 0 Å². The van der Waals surface area contributed by atoms with Crippen molar-refractivity contribution >= 4 is 5.78 Å². The lowest BCUT2D eigenvalue weighted by Gasteiger charge is -1.98. The molecule has 0 saturated heterocycles. The van der Waals surface area contributed by atoms with Crippen LogP contribution in [0.1, 0.15) is 23.0 Å². The molecule has 0 bridgehead atoms. The van der Waals surface area contributed by atoms with Crippen molar-refractivity contribution in [1.29, 1.82) is 0 Å². The van der Waals surface area contributed by atoms with Crippen molar-refractivity contribution in [3.8, 4) is 11.3 Å². The van der Waals surface area contributed by atoms with Gasteiger partial charge in [0.1, 0.15) is 11.5 Å². The van der Waals surface area contributed by atoms with Gasteiger partial charge in [-0.25, -0.2) is 4.39 Å². The van der Waals surface area contributed by atoms with Gasteiger partial charge in [-0.15, -0.1) is 0 Å². The lowest BCUT2D eigenvalue weighted by Crippen LogP contribution is -1.89. The van der Waals surface area contributed by atoms with Gasteiger partial charge in [0.2, 0.25) is 0 Å². The normalized spacial score (nSPS) is 10.4. The van der Waals surface area contributed by atoms with Crippen LogP contribution in [0.3, 0.4) is 0 Å². The van der Waals surface area contributed by atoms with Gasteiger partial charge in [0.05, 0.1) is 0 Å². The minimum absolute atomic E-state index is 0.158. The van der Waals surface area contributed by atoms with E-state index in [2.05, 4.69) is 5.16 Å². The maximum Gasteiger partial charge on any atom is 0.181 e. The molecule has 1 heterocycles. The van der Waals surface area contributed by atoms with Gasteiger partial charge >= 0.3 is 0 Å². The molecule has 0 radical (unpaired) electrons. The Morgan fingerprint density at radius 2 is 2.12 bits per heavy atom. The first kappa shape index (κ1) is 10.5. The summed E-state index contributed by atoms with van der Waals surface area (Å²) in [4.78, 5) is 11.0. The Morgan fingerprint density at radius 3 is 2.69 bits per heavy atom. The highest BCUT2D eigenvalue weighted by Crippen LogP contribution is 2.22. The van der Waals surface area contributed by atoms with Gasteiger partial charge in [-0.2, -0.15) is 0 Å². The molecule has 0 amide bonds. The van der Waals surface area contributed by atoms with Gasteiger partial charge in [0.25, 0.3) is 0 Å². The third-order valence-electron chi connectivity index (χ3n) is 2.31. The number of rotatable bonds is 2. The molecule has 0 aliphatic rings. The Morgan fingerprint density at radius 1 is 1.38 bits per heavy atom. The van der Waals surface area contributed by atoms with Gasteiger partial charge in [-0.3, -0.25) is 4.79 Å². The van der Waals surface area contributed by atoms with Gasteiger partial charge in [-0.05, 0) is 30.7 Å². The van der Waals surface area contributed by atoms with Crippen LogP contribution in [0.15, 0.2) is 28.8 Å². The molecule has 0 spiro atoms. The number of benzene rings is 1. The van der Waals surface area contributed by atoms with Gasteiger partial charge in [-0.1, -0.05) is 5.16 Å². The van der Waals surface area contributed by atoms with E-state index in [-0.39, 0.29) is 17.3 Å². The van der Waals surface area contributed by atoms with Crippen LogP contribution in [0.4, 0.5) is 4.39 Å². The van der Waals surface area contributed by atoms with Crippen LogP contribution in [0.2, 0.25) is 0 Å². The number of aryl methyl sites for hydroxylation is 1. The summed E-state index contributed by atoms with van der Waals surface area (Å²) in [6.45, 7) is 3.08. The Hall–Kier alpha value is -1.97. The zero-order valence-corrected chi connectivity index (χ0v) is 8.95. The molecule has 0 fully saturated rings. The lowest BCUT2D eigenvalue weighted by atomic mass is 10.1. The standard InChI is InChI=1S/C12H10FNO2/c1-7-5-9(3-4-10(7)13)12-6-11(8(2)15)14-16-12/h3-6H,1-2H3. The van der Waals surface area contributed by atoms with E-state index < -0.39 is 0 Å². The van der Waals surface area contributed by atoms with Crippen molar-refractivity contribution in [2.45, 2.75) is 13.8 Å². The second kappa shape index (κ2) is 3.89. The average molecular weight is 219 g/mol. The highest BCUT2D eigenvalue weighted by molar-refractivity contribution is 5.92. The molecular formula is C12H10FNO2. The van der Waals surface area contributed by atoms with E-state index >= 15 is 0 Å². The first-order valence-electron chi connectivity index (χ1n) is 4.82. The van der Waals surface area contributed by atoms with Crippen molar-refractivity contribution in [3.05, 3.63) is 41.3 Å². The molecule has 2 rings (SSSR count). The fraction of sp³-hybridized carbons (Fsp3) is 0.167. The number of carbonyl (C=O) groups is 1. The van der Waals surface area contributed by atoms with E-state index in [0.29, 0.717) is 16.9 Å². The number of hydrogen-bond donors (Lipinski definition) is 0. The summed E-state index contributed by atoms with van der Waals surface area (Å²) in [7, 11) is 0. The number of hydrogen-bond acceptors (Lipinski definition) is 3. The van der Waals surface area contributed by atoms with E-state index in [1.165, 1.54) is 13.0 Å². The minimum atomic E-state index is -0.268. The van der Waals surface area contributed by atoms with Crippen molar-refractivity contribution in [1.82, 2.24) is 5.16 Å². The Kier molecular flexibility index (Phi) is 2.56. The summed E-state index contributed by atoms with van der Waals surface area (Å²) in [5, 5.41) is 3.63. The van der Waals surface area contributed by atoms with Crippen LogP contribution in [-0.2, 0) is 0 Å². The summed E-state index contributed by atoms with van der Waals surface area (Å²) < 4.78 is 18.1. The smallest absolute Gasteiger partial charge is 0.181 e. The molecule has 0 unspecified atom stereocenters. The third kappa shape index (κ3) is 1.86. The highest BCUT2D eigenvalue weighted by atomic mass is 19.1. The molecule has 2 aromatic rings. The van der Waals surface area contributed by atoms with E-state index in [9.17, 15) is 9.18 Å². The second-order valence-corrected chi connectivity index (χ2v) is 3.60. The van der Waals surface area contributed by atoms with Crippen molar-refractivity contribution in [3.63, 3.8) is 0 Å². The van der Waals surface area contributed by atoms with Crippen LogP contribution < -0.4 is 0 Å². The summed E-state index contributed by atoms with van der Waals surface area (Å²) >= 11 is 0. The molecule has 16 heavy (non-hydrogen) atoms. The van der Waals surface area contributed by atoms with Crippen LogP contribution in [-0.4, -0.2) is 10.9 Å². The number of halogens is 1. The van der Waals surface area contributed by atoms with E-state index in [4.69, 9.17) is 4.52 Å². The van der Waals surface area contributed by atoms with E-state index in [0.717, 1.165) is 0 Å². The molecule has 0 N–H and O–H groups in total. The number of aromatic nitrogens is 1. The van der Waals surface area contributed by atoms with E-state index in [1.54, 1.807) is 25.1 Å². The minimum Gasteiger partial charge on any atom is -0.356 e. The molecule has 3 nitrogen and oxygen atoms in total. The Bertz CT molecular complexity index is 546. The SMILES string of the molecule is CC(=O)c1cc(-c2ccc(F)c(C)c2)on1. The summed E-state index contributed by atoms with van der Waals surface area (Å²) in [6, 6.07) is 6.15. The van der Waals surface area contributed by atoms with Gasteiger partial charge in [0.15, 0.2) is 11.5 Å². The molecule has 0 saturated carbocycles. The maximum absolute atomic E-state index is 13.0. The molecule has 0 aliphatic carbocycles. The van der Waals surface area contributed by atoms with Gasteiger partial charge < -0.3 is 4.52 Å². The van der Waals surface area contributed by atoms with Crippen LogP contribution in [0.5, 0.6) is 0 Å². The monoisotopic (exact) mass is 219 g/mol. The topological polar surface area (TPSA) is 43.1 Å². The number of ketones is 1. The van der Waals surface area contributed by atoms with Crippen molar-refractivity contribution in [2.24, 2.45) is 0 Å².